The maximum Gasteiger partial charge on any atom is 0.307 e. The van der Waals surface area contributed by atoms with Crippen LogP contribution in [0.1, 0.15) is 53.4 Å². The van der Waals surface area contributed by atoms with Crippen molar-refractivity contribution < 1.29 is 14.7 Å². The van der Waals surface area contributed by atoms with E-state index in [9.17, 15) is 14.7 Å². The van der Waals surface area contributed by atoms with Crippen molar-refractivity contribution >= 4 is 11.9 Å². The van der Waals surface area contributed by atoms with Crippen LogP contribution in [0.5, 0.6) is 0 Å². The molecule has 2 fully saturated rings. The average Bonchev–Trinajstić information content (AvgIpc) is 2.79. The molecule has 1 N–H and O–H groups in total. The fourth-order valence-corrected chi connectivity index (χ4v) is 4.04. The Hall–Kier alpha value is -1.06. The summed E-state index contributed by atoms with van der Waals surface area (Å²) in [4.78, 5) is 26.0. The third-order valence-corrected chi connectivity index (χ3v) is 5.46. The van der Waals surface area contributed by atoms with Crippen LogP contribution < -0.4 is 0 Å². The third-order valence-electron chi connectivity index (χ3n) is 5.46. The van der Waals surface area contributed by atoms with Crippen molar-refractivity contribution in [2.75, 3.05) is 13.1 Å². The highest BCUT2D eigenvalue weighted by Crippen LogP contribution is 2.39. The van der Waals surface area contributed by atoms with E-state index in [1.165, 1.54) is 0 Å². The minimum absolute atomic E-state index is 0.0825. The number of nitrogens with zero attached hydrogens (tertiary/aromatic N) is 1. The Balaban J connectivity index is 1.97. The minimum atomic E-state index is -0.803. The molecule has 1 aliphatic heterocycles. The van der Waals surface area contributed by atoms with Gasteiger partial charge >= 0.3 is 5.97 Å². The van der Waals surface area contributed by atoms with Gasteiger partial charge in [-0.05, 0) is 42.9 Å². The number of rotatable bonds is 2. The zero-order chi connectivity index (χ0) is 15.8. The van der Waals surface area contributed by atoms with E-state index >= 15 is 0 Å². The molecule has 120 valence electrons. The van der Waals surface area contributed by atoms with Gasteiger partial charge in [0.2, 0.25) is 5.91 Å². The third kappa shape index (κ3) is 3.58. The van der Waals surface area contributed by atoms with Crippen LogP contribution in [0.15, 0.2) is 0 Å². The van der Waals surface area contributed by atoms with Crippen LogP contribution in [0.4, 0.5) is 0 Å². The van der Waals surface area contributed by atoms with Crippen LogP contribution in [-0.4, -0.2) is 35.0 Å². The quantitative estimate of drug-likeness (QED) is 0.852. The molecule has 1 saturated carbocycles. The molecule has 0 spiro atoms. The van der Waals surface area contributed by atoms with Gasteiger partial charge in [-0.15, -0.1) is 0 Å². The molecule has 1 saturated heterocycles. The molecule has 2 aliphatic rings. The van der Waals surface area contributed by atoms with Crippen LogP contribution in [-0.2, 0) is 9.59 Å². The molecule has 2 rings (SSSR count). The lowest BCUT2D eigenvalue weighted by Crippen LogP contribution is -2.45. The van der Waals surface area contributed by atoms with Gasteiger partial charge in [0.15, 0.2) is 0 Å². The summed E-state index contributed by atoms with van der Waals surface area (Å²) in [5, 5.41) is 9.33. The fraction of sp³-hybridized carbons (Fsp3) is 0.882. The van der Waals surface area contributed by atoms with E-state index in [1.54, 1.807) is 0 Å². The number of hydrogen-bond donors (Lipinski definition) is 1. The summed E-state index contributed by atoms with van der Waals surface area (Å²) in [7, 11) is 0. The van der Waals surface area contributed by atoms with Gasteiger partial charge in [-0.2, -0.15) is 0 Å². The summed E-state index contributed by atoms with van der Waals surface area (Å²) in [5.74, 6) is -0.510. The molecule has 0 radical (unpaired) electrons. The first-order valence-corrected chi connectivity index (χ1v) is 8.21. The monoisotopic (exact) mass is 295 g/mol. The molecule has 1 heterocycles. The molecular formula is C17H29NO3. The van der Waals surface area contributed by atoms with Crippen molar-refractivity contribution in [2.24, 2.45) is 29.1 Å². The Labute approximate surface area is 127 Å². The zero-order valence-corrected chi connectivity index (χ0v) is 13.8. The number of piperidine rings is 1. The molecule has 3 atom stereocenters. The standard InChI is InChI=1S/C17H29NO3/c1-11-9-13(14(10-11)16(20)21)15(19)18-7-5-12(6-8-18)17(2,3)4/h11-14H,5-10H2,1-4H3,(H,20,21). The number of carboxylic acid groups (broad SMARTS) is 1. The number of carbonyl (C=O) groups is 2. The van der Waals surface area contributed by atoms with Crippen molar-refractivity contribution in [3.05, 3.63) is 0 Å². The zero-order valence-electron chi connectivity index (χ0n) is 13.8. The first-order chi connectivity index (χ1) is 9.70. The first kappa shape index (κ1) is 16.3. The molecule has 0 aromatic heterocycles. The number of hydrogen-bond acceptors (Lipinski definition) is 2. The van der Waals surface area contributed by atoms with Crippen LogP contribution in [0.3, 0.4) is 0 Å². The predicted octanol–water partition coefficient (Wildman–Crippen LogP) is 3.02. The van der Waals surface area contributed by atoms with E-state index in [0.717, 1.165) is 32.4 Å². The fourth-order valence-electron chi connectivity index (χ4n) is 4.04. The lowest BCUT2D eigenvalue weighted by Gasteiger charge is -2.39. The largest absolute Gasteiger partial charge is 0.481 e. The maximum absolute atomic E-state index is 12.7. The van der Waals surface area contributed by atoms with Crippen molar-refractivity contribution in [1.82, 2.24) is 4.90 Å². The van der Waals surface area contributed by atoms with Crippen LogP contribution in [0, 0.1) is 29.1 Å². The highest BCUT2D eigenvalue weighted by Gasteiger charge is 2.43. The second kappa shape index (κ2) is 5.98. The summed E-state index contributed by atoms with van der Waals surface area (Å²) in [5.41, 5.74) is 0.292. The van der Waals surface area contributed by atoms with E-state index in [2.05, 4.69) is 27.7 Å². The second-order valence-corrected chi connectivity index (χ2v) is 8.09. The Bertz CT molecular complexity index is 405. The number of carbonyl (C=O) groups excluding carboxylic acids is 1. The van der Waals surface area contributed by atoms with Crippen molar-refractivity contribution in [3.63, 3.8) is 0 Å². The van der Waals surface area contributed by atoms with Crippen molar-refractivity contribution in [3.8, 4) is 0 Å². The van der Waals surface area contributed by atoms with E-state index in [-0.39, 0.29) is 11.8 Å². The summed E-state index contributed by atoms with van der Waals surface area (Å²) >= 11 is 0. The van der Waals surface area contributed by atoms with Crippen LogP contribution in [0.2, 0.25) is 0 Å². The summed E-state index contributed by atoms with van der Waals surface area (Å²) in [6, 6.07) is 0. The molecule has 1 amide bonds. The van der Waals surface area contributed by atoms with Crippen LogP contribution >= 0.6 is 0 Å². The molecule has 4 heteroatoms. The first-order valence-electron chi connectivity index (χ1n) is 8.21. The van der Waals surface area contributed by atoms with Crippen LogP contribution in [0.25, 0.3) is 0 Å². The number of likely N-dealkylation sites (tertiary alicyclic amines) is 1. The number of aliphatic carboxylic acids is 1. The lowest BCUT2D eigenvalue weighted by atomic mass is 9.75. The van der Waals surface area contributed by atoms with E-state index in [4.69, 9.17) is 0 Å². The SMILES string of the molecule is CC1CC(C(=O)O)C(C(=O)N2CCC(C(C)(C)C)CC2)C1. The Morgan fingerprint density at radius 3 is 2.05 bits per heavy atom. The maximum atomic E-state index is 12.7. The van der Waals surface area contributed by atoms with E-state index < -0.39 is 11.9 Å². The van der Waals surface area contributed by atoms with Gasteiger partial charge in [0.05, 0.1) is 11.8 Å². The highest BCUT2D eigenvalue weighted by molar-refractivity contribution is 5.85. The van der Waals surface area contributed by atoms with Gasteiger partial charge in [0, 0.05) is 13.1 Å². The van der Waals surface area contributed by atoms with Gasteiger partial charge in [-0.1, -0.05) is 27.7 Å². The molecule has 21 heavy (non-hydrogen) atoms. The normalized spacial score (nSPS) is 31.4. The molecule has 0 aromatic rings. The highest BCUT2D eigenvalue weighted by atomic mass is 16.4. The van der Waals surface area contributed by atoms with Gasteiger partial charge in [0.25, 0.3) is 0 Å². The molecule has 0 aromatic carbocycles. The number of carboxylic acids is 1. The Kier molecular flexibility index (Phi) is 4.64. The van der Waals surface area contributed by atoms with Gasteiger partial charge in [0.1, 0.15) is 0 Å². The van der Waals surface area contributed by atoms with Crippen molar-refractivity contribution in [1.29, 1.82) is 0 Å². The minimum Gasteiger partial charge on any atom is -0.481 e. The van der Waals surface area contributed by atoms with E-state index in [1.807, 2.05) is 4.90 Å². The van der Waals surface area contributed by atoms with E-state index in [0.29, 0.717) is 23.7 Å². The lowest BCUT2D eigenvalue weighted by molar-refractivity contribution is -0.149. The smallest absolute Gasteiger partial charge is 0.307 e. The Morgan fingerprint density at radius 2 is 1.57 bits per heavy atom. The molecular weight excluding hydrogens is 266 g/mol. The van der Waals surface area contributed by atoms with Gasteiger partial charge in [-0.3, -0.25) is 9.59 Å². The predicted molar refractivity (Wildman–Crippen MR) is 81.8 cm³/mol. The Morgan fingerprint density at radius 1 is 1.05 bits per heavy atom. The second-order valence-electron chi connectivity index (χ2n) is 8.09. The molecule has 0 bridgehead atoms. The average molecular weight is 295 g/mol. The van der Waals surface area contributed by atoms with Crippen molar-refractivity contribution in [2.45, 2.75) is 53.4 Å². The molecule has 4 nitrogen and oxygen atoms in total. The number of amides is 1. The summed E-state index contributed by atoms with van der Waals surface area (Å²) in [6.07, 6.45) is 3.45. The molecule has 1 aliphatic carbocycles. The summed E-state index contributed by atoms with van der Waals surface area (Å²) in [6.45, 7) is 10.4. The summed E-state index contributed by atoms with van der Waals surface area (Å²) < 4.78 is 0. The topological polar surface area (TPSA) is 57.6 Å². The van der Waals surface area contributed by atoms with Gasteiger partial charge in [-0.25, -0.2) is 0 Å². The van der Waals surface area contributed by atoms with Gasteiger partial charge < -0.3 is 10.0 Å². The molecule has 3 unspecified atom stereocenters.